The maximum Gasteiger partial charge on any atom is 0.273 e. The number of aromatic nitrogens is 2. The summed E-state index contributed by atoms with van der Waals surface area (Å²) >= 11 is 3.42. The molecule has 0 bridgehead atoms. The van der Waals surface area contributed by atoms with Gasteiger partial charge in [-0.05, 0) is 30.7 Å². The average Bonchev–Trinajstić information content (AvgIpc) is 2.23. The summed E-state index contributed by atoms with van der Waals surface area (Å²) in [5.74, 6) is 0. The van der Waals surface area contributed by atoms with Crippen molar-refractivity contribution >= 4 is 15.9 Å². The van der Waals surface area contributed by atoms with Crippen LogP contribution in [0.4, 0.5) is 0 Å². The molecule has 0 N–H and O–H groups in total. The number of benzene rings is 1. The Morgan fingerprint density at radius 1 is 1.40 bits per heavy atom. The summed E-state index contributed by atoms with van der Waals surface area (Å²) in [5.41, 5.74) is 1.82. The van der Waals surface area contributed by atoms with Crippen LogP contribution >= 0.6 is 15.9 Å². The monoisotopic (exact) mass is 264 g/mol. The van der Waals surface area contributed by atoms with Gasteiger partial charge in [0.15, 0.2) is 0 Å². The molecule has 2 rings (SSSR count). The molecule has 0 fully saturated rings. The predicted molar refractivity (Wildman–Crippen MR) is 62.3 cm³/mol. The molecule has 0 aliphatic heterocycles. The summed E-state index contributed by atoms with van der Waals surface area (Å²) in [4.78, 5) is 15.3. The largest absolute Gasteiger partial charge is 0.281 e. The Bertz CT molecular complexity index is 548. The molecular formula is C11H9BrN2O. The highest BCUT2D eigenvalue weighted by Gasteiger charge is 2.00. The molecule has 0 spiro atoms. The van der Waals surface area contributed by atoms with Crippen LogP contribution in [0.1, 0.15) is 5.56 Å². The average molecular weight is 265 g/mol. The van der Waals surface area contributed by atoms with Crippen molar-refractivity contribution in [3.05, 3.63) is 57.2 Å². The Hall–Kier alpha value is -1.42. The molecule has 0 aliphatic rings. The van der Waals surface area contributed by atoms with Crippen LogP contribution in [0.25, 0.3) is 5.69 Å². The first-order valence-electron chi connectivity index (χ1n) is 4.47. The van der Waals surface area contributed by atoms with E-state index < -0.39 is 0 Å². The second-order valence-electron chi connectivity index (χ2n) is 3.22. The Balaban J connectivity index is 2.60. The Morgan fingerprint density at radius 3 is 2.87 bits per heavy atom. The molecule has 0 atom stereocenters. The van der Waals surface area contributed by atoms with Crippen LogP contribution < -0.4 is 5.56 Å². The van der Waals surface area contributed by atoms with Gasteiger partial charge in [0.25, 0.3) is 5.56 Å². The van der Waals surface area contributed by atoms with Gasteiger partial charge in [0, 0.05) is 22.6 Å². The SMILES string of the molecule is Cc1cc(-n2ccncc2=O)ccc1Br. The van der Waals surface area contributed by atoms with E-state index in [4.69, 9.17) is 0 Å². The van der Waals surface area contributed by atoms with E-state index in [1.807, 2.05) is 25.1 Å². The van der Waals surface area contributed by atoms with Gasteiger partial charge in [0.05, 0.1) is 6.20 Å². The van der Waals surface area contributed by atoms with E-state index in [-0.39, 0.29) is 5.56 Å². The Kier molecular flexibility index (Phi) is 2.68. The number of aryl methyl sites for hydroxylation is 1. The molecular weight excluding hydrogens is 256 g/mol. The second-order valence-corrected chi connectivity index (χ2v) is 4.07. The van der Waals surface area contributed by atoms with Gasteiger partial charge in [0.1, 0.15) is 0 Å². The Labute approximate surface area is 95.5 Å². The van der Waals surface area contributed by atoms with Crippen molar-refractivity contribution in [1.82, 2.24) is 9.55 Å². The first kappa shape index (κ1) is 10.1. The molecule has 0 radical (unpaired) electrons. The summed E-state index contributed by atoms with van der Waals surface area (Å²) in [6, 6.07) is 5.77. The van der Waals surface area contributed by atoms with Crippen LogP contribution in [0.3, 0.4) is 0 Å². The first-order valence-corrected chi connectivity index (χ1v) is 5.27. The van der Waals surface area contributed by atoms with Crippen molar-refractivity contribution in [3.63, 3.8) is 0 Å². The van der Waals surface area contributed by atoms with Gasteiger partial charge in [-0.25, -0.2) is 0 Å². The fourth-order valence-corrected chi connectivity index (χ4v) is 1.59. The normalized spacial score (nSPS) is 10.3. The van der Waals surface area contributed by atoms with E-state index >= 15 is 0 Å². The predicted octanol–water partition coefficient (Wildman–Crippen LogP) is 2.30. The number of rotatable bonds is 1. The smallest absolute Gasteiger partial charge is 0.273 e. The molecule has 0 saturated heterocycles. The van der Waals surface area contributed by atoms with Gasteiger partial charge in [-0.15, -0.1) is 0 Å². The number of halogens is 1. The summed E-state index contributed by atoms with van der Waals surface area (Å²) in [7, 11) is 0. The quantitative estimate of drug-likeness (QED) is 0.793. The van der Waals surface area contributed by atoms with Crippen molar-refractivity contribution in [2.45, 2.75) is 6.92 Å². The Morgan fingerprint density at radius 2 is 2.20 bits per heavy atom. The van der Waals surface area contributed by atoms with Gasteiger partial charge in [-0.3, -0.25) is 14.3 Å². The van der Waals surface area contributed by atoms with E-state index in [0.717, 1.165) is 15.7 Å². The van der Waals surface area contributed by atoms with Crippen LogP contribution in [0, 0.1) is 6.92 Å². The van der Waals surface area contributed by atoms with Crippen LogP contribution in [0.2, 0.25) is 0 Å². The van der Waals surface area contributed by atoms with E-state index in [0.29, 0.717) is 0 Å². The summed E-state index contributed by atoms with van der Waals surface area (Å²) in [6.45, 7) is 1.99. The zero-order valence-electron chi connectivity index (χ0n) is 8.14. The lowest BCUT2D eigenvalue weighted by Crippen LogP contribution is -2.16. The summed E-state index contributed by atoms with van der Waals surface area (Å²) < 4.78 is 2.60. The molecule has 1 aromatic carbocycles. The van der Waals surface area contributed by atoms with Gasteiger partial charge in [0.2, 0.25) is 0 Å². The molecule has 15 heavy (non-hydrogen) atoms. The fraction of sp³-hybridized carbons (Fsp3) is 0.0909. The lowest BCUT2D eigenvalue weighted by molar-refractivity contribution is 0.953. The van der Waals surface area contributed by atoms with E-state index in [1.54, 1.807) is 17.0 Å². The van der Waals surface area contributed by atoms with Gasteiger partial charge in [-0.1, -0.05) is 15.9 Å². The molecule has 0 unspecified atom stereocenters. The first-order chi connectivity index (χ1) is 7.18. The van der Waals surface area contributed by atoms with Crippen molar-refractivity contribution in [2.75, 3.05) is 0 Å². The number of hydrogen-bond acceptors (Lipinski definition) is 2. The number of nitrogens with zero attached hydrogens (tertiary/aromatic N) is 2. The fourth-order valence-electron chi connectivity index (χ4n) is 1.34. The minimum absolute atomic E-state index is 0.126. The third-order valence-corrected chi connectivity index (χ3v) is 3.03. The van der Waals surface area contributed by atoms with Crippen molar-refractivity contribution in [3.8, 4) is 5.69 Å². The molecule has 2 aromatic rings. The zero-order chi connectivity index (χ0) is 10.8. The van der Waals surface area contributed by atoms with E-state index in [2.05, 4.69) is 20.9 Å². The van der Waals surface area contributed by atoms with E-state index in [1.165, 1.54) is 6.20 Å². The summed E-state index contributed by atoms with van der Waals surface area (Å²) in [5, 5.41) is 0. The lowest BCUT2D eigenvalue weighted by Gasteiger charge is -2.06. The highest BCUT2D eigenvalue weighted by atomic mass is 79.9. The van der Waals surface area contributed by atoms with Crippen molar-refractivity contribution in [1.29, 1.82) is 0 Å². The van der Waals surface area contributed by atoms with Crippen LogP contribution in [-0.4, -0.2) is 9.55 Å². The zero-order valence-corrected chi connectivity index (χ0v) is 9.73. The van der Waals surface area contributed by atoms with Gasteiger partial charge < -0.3 is 0 Å². The molecule has 0 amide bonds. The molecule has 76 valence electrons. The lowest BCUT2D eigenvalue weighted by atomic mass is 10.2. The topological polar surface area (TPSA) is 34.9 Å². The second kappa shape index (κ2) is 3.98. The standard InChI is InChI=1S/C11H9BrN2O/c1-8-6-9(2-3-10(8)12)14-5-4-13-7-11(14)15/h2-7H,1H3. The van der Waals surface area contributed by atoms with Gasteiger partial charge >= 0.3 is 0 Å². The maximum atomic E-state index is 11.5. The molecule has 1 heterocycles. The molecule has 4 heteroatoms. The highest BCUT2D eigenvalue weighted by molar-refractivity contribution is 9.10. The number of hydrogen-bond donors (Lipinski definition) is 0. The highest BCUT2D eigenvalue weighted by Crippen LogP contribution is 2.18. The minimum Gasteiger partial charge on any atom is -0.281 e. The molecule has 1 aromatic heterocycles. The van der Waals surface area contributed by atoms with Gasteiger partial charge in [-0.2, -0.15) is 0 Å². The summed E-state index contributed by atoms with van der Waals surface area (Å²) in [6.07, 6.45) is 4.56. The van der Waals surface area contributed by atoms with Crippen molar-refractivity contribution in [2.24, 2.45) is 0 Å². The van der Waals surface area contributed by atoms with Crippen LogP contribution in [0.15, 0.2) is 46.1 Å². The third kappa shape index (κ3) is 1.99. The van der Waals surface area contributed by atoms with Crippen molar-refractivity contribution < 1.29 is 0 Å². The van der Waals surface area contributed by atoms with E-state index in [9.17, 15) is 4.79 Å². The van der Waals surface area contributed by atoms with Crippen LogP contribution in [0.5, 0.6) is 0 Å². The third-order valence-electron chi connectivity index (χ3n) is 2.14. The maximum absolute atomic E-state index is 11.5. The molecule has 0 saturated carbocycles. The van der Waals surface area contributed by atoms with Crippen LogP contribution in [-0.2, 0) is 0 Å². The molecule has 0 aliphatic carbocycles. The molecule has 3 nitrogen and oxygen atoms in total. The minimum atomic E-state index is -0.126.